The Balaban J connectivity index is 1.36. The van der Waals surface area contributed by atoms with Gasteiger partial charge in [0.05, 0.1) is 11.8 Å². The predicted octanol–water partition coefficient (Wildman–Crippen LogP) is 5.42. The average Bonchev–Trinajstić information content (AvgIpc) is 3.51. The van der Waals surface area contributed by atoms with Gasteiger partial charge in [0.1, 0.15) is 0 Å². The Morgan fingerprint density at radius 1 is 0.609 bits per heavy atom. The van der Waals surface area contributed by atoms with Crippen molar-refractivity contribution < 1.29 is 24.6 Å². The quantitative estimate of drug-likeness (QED) is 0.223. The van der Waals surface area contributed by atoms with Crippen LogP contribution in [0.15, 0.2) is 121 Å². The first kappa shape index (κ1) is 32.1. The van der Waals surface area contributed by atoms with Crippen molar-refractivity contribution in [3.63, 3.8) is 0 Å². The number of carboxylic acid groups (broad SMARTS) is 2. The fraction of sp³-hybridized carbons (Fsp3) is 0.289. The summed E-state index contributed by atoms with van der Waals surface area (Å²) in [4.78, 5) is 40.7. The molecule has 1 aliphatic heterocycles. The van der Waals surface area contributed by atoms with Gasteiger partial charge in [-0.05, 0) is 68.9 Å². The summed E-state index contributed by atoms with van der Waals surface area (Å²) in [5.74, 6) is -4.77. The number of hydrogen-bond donors (Lipinski definition) is 2. The van der Waals surface area contributed by atoms with E-state index in [2.05, 4.69) is 102 Å². The zero-order valence-corrected chi connectivity index (χ0v) is 27.4. The molecule has 5 atom stereocenters. The molecule has 0 spiro atoms. The van der Waals surface area contributed by atoms with E-state index in [0.29, 0.717) is 13.0 Å². The van der Waals surface area contributed by atoms with E-state index < -0.39 is 45.5 Å². The number of aliphatic carboxylic acids is 2. The first-order valence-electron chi connectivity index (χ1n) is 15.9. The molecule has 5 unspecified atom stereocenters. The normalized spacial score (nSPS) is 23.0. The van der Waals surface area contributed by atoms with E-state index in [9.17, 15) is 24.6 Å². The summed E-state index contributed by atoms with van der Waals surface area (Å²) in [6.45, 7) is 0.600. The van der Waals surface area contributed by atoms with Gasteiger partial charge in [0.25, 0.3) is 0 Å². The van der Waals surface area contributed by atoms with Crippen molar-refractivity contribution in [3.8, 4) is 0 Å². The van der Waals surface area contributed by atoms with Crippen LogP contribution in [0, 0.1) is 17.8 Å². The fourth-order valence-electron chi connectivity index (χ4n) is 7.25. The maximum absolute atomic E-state index is 14.6. The van der Waals surface area contributed by atoms with Gasteiger partial charge in [-0.3, -0.25) is 14.4 Å². The van der Waals surface area contributed by atoms with Crippen molar-refractivity contribution in [1.82, 2.24) is 4.90 Å². The van der Waals surface area contributed by atoms with E-state index in [1.165, 1.54) is 21.2 Å². The molecule has 1 amide bonds. The highest BCUT2D eigenvalue weighted by Crippen LogP contribution is 2.49. The largest absolute Gasteiger partial charge is 0.481 e. The third kappa shape index (κ3) is 7.09. The molecule has 1 saturated carbocycles. The van der Waals surface area contributed by atoms with E-state index in [1.807, 2.05) is 24.3 Å². The molecule has 1 saturated heterocycles. The zero-order valence-electron chi connectivity index (χ0n) is 25.6. The zero-order chi connectivity index (χ0) is 32.0. The molecular weight excluding hydrogens is 612 g/mol. The van der Waals surface area contributed by atoms with Gasteiger partial charge >= 0.3 is 11.9 Å². The Morgan fingerprint density at radius 3 is 1.52 bits per heavy atom. The number of likely N-dealkylation sites (tertiary alicyclic amines) is 1. The van der Waals surface area contributed by atoms with Crippen LogP contribution in [0.3, 0.4) is 0 Å². The molecule has 4 aromatic rings. The molecule has 0 aromatic heterocycles. The molecule has 46 heavy (non-hydrogen) atoms. The molecule has 2 aliphatic rings. The van der Waals surface area contributed by atoms with E-state index in [4.69, 9.17) is 0 Å². The van der Waals surface area contributed by atoms with Gasteiger partial charge in [-0.15, -0.1) is 0 Å². The summed E-state index contributed by atoms with van der Waals surface area (Å²) in [5, 5.41) is 24.7. The van der Waals surface area contributed by atoms with Crippen molar-refractivity contribution in [1.29, 1.82) is 0 Å². The lowest BCUT2D eigenvalue weighted by Crippen LogP contribution is -2.46. The molecule has 8 heteroatoms. The number of hydrogen-bond acceptors (Lipinski definition) is 3. The van der Waals surface area contributed by atoms with Gasteiger partial charge in [0.15, 0.2) is 0 Å². The Kier molecular flexibility index (Phi) is 10.3. The number of amides is 1. The topological polar surface area (TPSA) is 94.9 Å². The number of carboxylic acids is 2. The molecule has 0 bridgehead atoms. The Bertz CT molecular complexity index is 1540. The van der Waals surface area contributed by atoms with Gasteiger partial charge in [0, 0.05) is 24.2 Å². The van der Waals surface area contributed by atoms with Crippen LogP contribution in [-0.2, 0) is 14.4 Å². The second-order valence-electron chi connectivity index (χ2n) is 12.3. The number of nitrogens with zero attached hydrogens (tertiary/aromatic N) is 1. The van der Waals surface area contributed by atoms with Crippen molar-refractivity contribution in [2.75, 3.05) is 12.7 Å². The fourth-order valence-corrected chi connectivity index (χ4v) is 12.7. The molecule has 0 radical (unpaired) electrons. The van der Waals surface area contributed by atoms with Crippen LogP contribution in [0.1, 0.15) is 25.7 Å². The smallest absolute Gasteiger partial charge is 0.307 e. The molecule has 4 aromatic carbocycles. The monoisotopic (exact) mass is 651 g/mol. The van der Waals surface area contributed by atoms with Crippen LogP contribution in [0.25, 0.3) is 0 Å². The second kappa shape index (κ2) is 14.7. The van der Waals surface area contributed by atoms with Gasteiger partial charge < -0.3 is 15.1 Å². The Hall–Kier alpha value is -3.85. The molecule has 6 nitrogen and oxygen atoms in total. The second-order valence-corrected chi connectivity index (χ2v) is 17.0. The molecular formula is C38H39NO5P2. The van der Waals surface area contributed by atoms with Crippen molar-refractivity contribution >= 4 is 54.9 Å². The summed E-state index contributed by atoms with van der Waals surface area (Å²) in [5.41, 5.74) is 0.225. The van der Waals surface area contributed by atoms with Crippen molar-refractivity contribution in [2.45, 2.75) is 37.4 Å². The molecule has 1 heterocycles. The maximum atomic E-state index is 14.6. The van der Waals surface area contributed by atoms with Crippen LogP contribution in [-0.4, -0.2) is 57.4 Å². The highest BCUT2D eigenvalue weighted by Gasteiger charge is 2.46. The van der Waals surface area contributed by atoms with Crippen LogP contribution >= 0.6 is 15.8 Å². The van der Waals surface area contributed by atoms with Gasteiger partial charge in [-0.25, -0.2) is 0 Å². The minimum Gasteiger partial charge on any atom is -0.481 e. The van der Waals surface area contributed by atoms with Crippen molar-refractivity contribution in [2.24, 2.45) is 17.8 Å². The Labute approximate surface area is 273 Å². The summed E-state index contributed by atoms with van der Waals surface area (Å²) >= 11 is 0. The number of rotatable bonds is 10. The van der Waals surface area contributed by atoms with Gasteiger partial charge in [-0.1, -0.05) is 121 Å². The summed E-state index contributed by atoms with van der Waals surface area (Å²) in [6.07, 6.45) is 2.33. The average molecular weight is 652 g/mol. The third-order valence-electron chi connectivity index (χ3n) is 9.47. The Morgan fingerprint density at radius 2 is 1.07 bits per heavy atom. The molecule has 236 valence electrons. The van der Waals surface area contributed by atoms with Crippen LogP contribution in [0.4, 0.5) is 0 Å². The minimum atomic E-state index is -1.13. The first-order chi connectivity index (χ1) is 22.4. The number of carbonyl (C=O) groups excluding carboxylic acids is 1. The van der Waals surface area contributed by atoms with E-state index >= 15 is 0 Å². The SMILES string of the molecule is O=C(O)C1CCC(C(=O)N2CC(P(c3ccccc3)c3ccccc3)CC2CP(c2ccccc2)c2ccccc2)CC1C(=O)O. The standard InChI is InChI=1S/C38H39NO5P2/c40-36(27-21-22-34(37(41)42)35(23-27)38(43)44)39-25-33(46(31-17-9-3-10-18-31)32-19-11-4-12-20-32)24-28(39)26-45(29-13-5-1-6-14-29)30-15-7-2-8-16-30/h1-20,27-28,33-35H,21-26H2,(H,41,42)(H,43,44). The van der Waals surface area contributed by atoms with Crippen LogP contribution in [0.5, 0.6) is 0 Å². The molecule has 2 N–H and O–H groups in total. The van der Waals surface area contributed by atoms with E-state index in [1.54, 1.807) is 0 Å². The third-order valence-corrected chi connectivity index (χ3v) is 14.9. The highest BCUT2D eigenvalue weighted by molar-refractivity contribution is 7.74. The lowest BCUT2D eigenvalue weighted by Gasteiger charge is -2.36. The predicted molar refractivity (Wildman–Crippen MR) is 187 cm³/mol. The van der Waals surface area contributed by atoms with Gasteiger partial charge in [-0.2, -0.15) is 0 Å². The van der Waals surface area contributed by atoms with Crippen molar-refractivity contribution in [3.05, 3.63) is 121 Å². The maximum Gasteiger partial charge on any atom is 0.307 e. The van der Waals surface area contributed by atoms with Crippen LogP contribution < -0.4 is 21.2 Å². The molecule has 1 aliphatic carbocycles. The highest BCUT2D eigenvalue weighted by atomic mass is 31.1. The summed E-state index contributed by atoms with van der Waals surface area (Å²) in [6, 6.07) is 42.3. The number of carbonyl (C=O) groups is 3. The lowest BCUT2D eigenvalue weighted by atomic mass is 9.73. The van der Waals surface area contributed by atoms with Crippen LogP contribution in [0.2, 0.25) is 0 Å². The molecule has 2 fully saturated rings. The molecule has 6 rings (SSSR count). The first-order valence-corrected chi connectivity index (χ1v) is 18.9. The lowest BCUT2D eigenvalue weighted by molar-refractivity contribution is -0.158. The summed E-state index contributed by atoms with van der Waals surface area (Å²) in [7, 11) is -1.55. The van der Waals surface area contributed by atoms with E-state index in [0.717, 1.165) is 12.6 Å². The van der Waals surface area contributed by atoms with E-state index in [-0.39, 0.29) is 30.4 Å². The van der Waals surface area contributed by atoms with Gasteiger partial charge in [0.2, 0.25) is 5.91 Å². The minimum absolute atomic E-state index is 0.0188. The summed E-state index contributed by atoms with van der Waals surface area (Å²) < 4.78 is 0. The number of benzene rings is 4.